The molecule has 21 heavy (non-hydrogen) atoms. The quantitative estimate of drug-likeness (QED) is 0.547. The van der Waals surface area contributed by atoms with Gasteiger partial charge in [0.25, 0.3) is 4.96 Å². The summed E-state index contributed by atoms with van der Waals surface area (Å²) in [6.45, 7) is 3.31. The third-order valence-corrected chi connectivity index (χ3v) is 3.84. The molecule has 3 aromatic heterocycles. The second-order valence-electron chi connectivity index (χ2n) is 4.31. The Hall–Kier alpha value is -2.49. The second kappa shape index (κ2) is 5.48. The van der Waals surface area contributed by atoms with E-state index in [0.717, 1.165) is 12.4 Å². The van der Waals surface area contributed by atoms with E-state index < -0.39 is 4.92 Å². The molecule has 0 aliphatic carbocycles. The fraction of sp³-hybridized carbons (Fsp3) is 0.364. The molecular weight excluding hydrogens is 294 g/mol. The van der Waals surface area contributed by atoms with E-state index in [1.54, 1.807) is 17.9 Å². The number of imidazole rings is 1. The van der Waals surface area contributed by atoms with E-state index in [9.17, 15) is 10.1 Å². The van der Waals surface area contributed by atoms with Gasteiger partial charge < -0.3 is 20.0 Å². The summed E-state index contributed by atoms with van der Waals surface area (Å²) in [5, 5.41) is 23.8. The summed E-state index contributed by atoms with van der Waals surface area (Å²) in [4.78, 5) is 15.6. The minimum absolute atomic E-state index is 0.0387. The number of hydrogen-bond acceptors (Lipinski definition) is 7. The van der Waals surface area contributed by atoms with Gasteiger partial charge in [-0.3, -0.25) is 0 Å². The van der Waals surface area contributed by atoms with Crippen LogP contribution in [-0.4, -0.2) is 35.6 Å². The molecule has 0 amide bonds. The molecule has 3 aromatic rings. The number of nitrogens with zero attached hydrogens (tertiary/aromatic N) is 6. The SMILES string of the molecule is CCn1cnnc1CCNc1nc2sccn2c1[N+](=O)[O-]. The molecule has 1 N–H and O–H groups in total. The highest BCUT2D eigenvalue weighted by molar-refractivity contribution is 7.15. The van der Waals surface area contributed by atoms with Gasteiger partial charge in [-0.25, -0.2) is 0 Å². The Kier molecular flexibility index (Phi) is 3.52. The number of aromatic nitrogens is 5. The van der Waals surface area contributed by atoms with E-state index in [1.165, 1.54) is 15.7 Å². The first-order valence-corrected chi connectivity index (χ1v) is 7.29. The van der Waals surface area contributed by atoms with Crippen LogP contribution in [0, 0.1) is 10.1 Å². The molecular formula is C11H13N7O2S. The normalized spacial score (nSPS) is 11.1. The predicted octanol–water partition coefficient (Wildman–Crippen LogP) is 1.57. The number of rotatable bonds is 6. The first-order valence-electron chi connectivity index (χ1n) is 6.41. The van der Waals surface area contributed by atoms with Gasteiger partial charge in [-0.1, -0.05) is 11.3 Å². The molecule has 110 valence electrons. The van der Waals surface area contributed by atoms with Crippen molar-refractivity contribution in [3.8, 4) is 0 Å². The van der Waals surface area contributed by atoms with Gasteiger partial charge in [0, 0.05) is 24.9 Å². The van der Waals surface area contributed by atoms with E-state index in [0.29, 0.717) is 17.9 Å². The summed E-state index contributed by atoms with van der Waals surface area (Å²) >= 11 is 1.36. The van der Waals surface area contributed by atoms with Gasteiger partial charge in [-0.15, -0.1) is 10.2 Å². The van der Waals surface area contributed by atoms with Crippen LogP contribution in [0.1, 0.15) is 12.7 Å². The molecule has 0 radical (unpaired) electrons. The third-order valence-electron chi connectivity index (χ3n) is 3.09. The first kappa shape index (κ1) is 13.5. The first-order chi connectivity index (χ1) is 10.2. The van der Waals surface area contributed by atoms with Crippen molar-refractivity contribution in [1.82, 2.24) is 24.1 Å². The molecule has 0 aromatic carbocycles. The fourth-order valence-corrected chi connectivity index (χ4v) is 2.81. The largest absolute Gasteiger partial charge is 0.372 e. The summed E-state index contributed by atoms with van der Waals surface area (Å²) in [5.74, 6) is 1.09. The number of anilines is 1. The molecule has 0 saturated heterocycles. The number of nitro groups is 1. The maximum Gasteiger partial charge on any atom is 0.372 e. The maximum absolute atomic E-state index is 11.2. The highest BCUT2D eigenvalue weighted by Crippen LogP contribution is 2.27. The summed E-state index contributed by atoms with van der Waals surface area (Å²) in [6.07, 6.45) is 3.94. The number of hydrogen-bond donors (Lipinski definition) is 1. The van der Waals surface area contributed by atoms with Crippen LogP contribution in [-0.2, 0) is 13.0 Å². The Labute approximate surface area is 123 Å². The van der Waals surface area contributed by atoms with Crippen LogP contribution >= 0.6 is 11.3 Å². The van der Waals surface area contributed by atoms with Gasteiger partial charge in [-0.2, -0.15) is 9.38 Å². The van der Waals surface area contributed by atoms with Crippen molar-refractivity contribution in [2.24, 2.45) is 0 Å². The van der Waals surface area contributed by atoms with E-state index in [4.69, 9.17) is 0 Å². The third kappa shape index (κ3) is 2.44. The van der Waals surface area contributed by atoms with Crippen LogP contribution in [0.2, 0.25) is 0 Å². The van der Waals surface area contributed by atoms with Gasteiger partial charge in [0.15, 0.2) is 0 Å². The molecule has 0 atom stereocenters. The minimum atomic E-state index is -0.427. The molecule has 0 aliphatic heterocycles. The summed E-state index contributed by atoms with van der Waals surface area (Å²) in [5.41, 5.74) is 0. The topological polar surface area (TPSA) is 103 Å². The zero-order chi connectivity index (χ0) is 14.8. The van der Waals surface area contributed by atoms with Crippen LogP contribution in [0.3, 0.4) is 0 Å². The lowest BCUT2D eigenvalue weighted by molar-refractivity contribution is -0.389. The lowest BCUT2D eigenvalue weighted by Gasteiger charge is -2.04. The Balaban J connectivity index is 1.75. The van der Waals surface area contributed by atoms with Crippen molar-refractivity contribution in [3.05, 3.63) is 33.8 Å². The summed E-state index contributed by atoms with van der Waals surface area (Å²) < 4.78 is 3.41. The van der Waals surface area contributed by atoms with Gasteiger partial charge in [0.1, 0.15) is 18.3 Å². The average molecular weight is 307 g/mol. The Morgan fingerprint density at radius 3 is 3.14 bits per heavy atom. The Morgan fingerprint density at radius 2 is 2.38 bits per heavy atom. The van der Waals surface area contributed by atoms with E-state index >= 15 is 0 Å². The number of nitrogens with one attached hydrogen (secondary N) is 1. The van der Waals surface area contributed by atoms with Crippen molar-refractivity contribution >= 4 is 27.9 Å². The molecule has 0 unspecified atom stereocenters. The van der Waals surface area contributed by atoms with Crippen molar-refractivity contribution in [3.63, 3.8) is 0 Å². The smallest absolute Gasteiger partial charge is 0.362 e. The van der Waals surface area contributed by atoms with Crippen LogP contribution in [0.15, 0.2) is 17.9 Å². The average Bonchev–Trinajstić information content (AvgIpc) is 3.12. The molecule has 3 rings (SSSR count). The molecule has 0 aliphatic rings. The molecule has 9 nitrogen and oxygen atoms in total. The van der Waals surface area contributed by atoms with Crippen molar-refractivity contribution in [2.75, 3.05) is 11.9 Å². The van der Waals surface area contributed by atoms with Gasteiger partial charge in [-0.05, 0) is 11.8 Å². The number of thiazole rings is 1. The predicted molar refractivity (Wildman–Crippen MR) is 77.6 cm³/mol. The number of aryl methyl sites for hydroxylation is 1. The molecule has 0 saturated carbocycles. The standard InChI is InChI=1S/C11H13N7O2S/c1-2-16-7-13-15-8(16)3-4-12-9-10(18(19)20)17-5-6-21-11(17)14-9/h5-7,12H,2-4H2,1H3. The van der Waals surface area contributed by atoms with Gasteiger partial charge >= 0.3 is 5.82 Å². The van der Waals surface area contributed by atoms with E-state index in [2.05, 4.69) is 20.5 Å². The molecule has 0 spiro atoms. The zero-order valence-corrected chi connectivity index (χ0v) is 12.1. The maximum atomic E-state index is 11.2. The zero-order valence-electron chi connectivity index (χ0n) is 11.3. The highest BCUT2D eigenvalue weighted by Gasteiger charge is 2.23. The summed E-state index contributed by atoms with van der Waals surface area (Å²) in [6, 6.07) is 0. The Morgan fingerprint density at radius 1 is 1.52 bits per heavy atom. The van der Waals surface area contributed by atoms with Crippen LogP contribution in [0.25, 0.3) is 4.96 Å². The highest BCUT2D eigenvalue weighted by atomic mass is 32.1. The van der Waals surface area contributed by atoms with Crippen molar-refractivity contribution < 1.29 is 4.92 Å². The van der Waals surface area contributed by atoms with Crippen molar-refractivity contribution in [1.29, 1.82) is 0 Å². The van der Waals surface area contributed by atoms with Crippen LogP contribution < -0.4 is 5.32 Å². The molecule has 0 fully saturated rings. The minimum Gasteiger partial charge on any atom is -0.362 e. The number of fused-ring (bicyclic) bond motifs is 1. The monoisotopic (exact) mass is 307 g/mol. The van der Waals surface area contributed by atoms with Gasteiger partial charge in [0.2, 0.25) is 5.82 Å². The fourth-order valence-electron chi connectivity index (χ4n) is 2.10. The molecule has 10 heteroatoms. The lowest BCUT2D eigenvalue weighted by atomic mass is 10.4. The molecule has 0 bridgehead atoms. The van der Waals surface area contributed by atoms with Gasteiger partial charge in [0.05, 0.1) is 0 Å². The van der Waals surface area contributed by atoms with E-state index in [1.807, 2.05) is 11.5 Å². The molecule has 3 heterocycles. The second-order valence-corrected chi connectivity index (χ2v) is 5.18. The lowest BCUT2D eigenvalue weighted by Crippen LogP contribution is -2.11. The van der Waals surface area contributed by atoms with E-state index in [-0.39, 0.29) is 11.6 Å². The van der Waals surface area contributed by atoms with Crippen molar-refractivity contribution in [2.45, 2.75) is 19.9 Å². The Bertz CT molecular complexity index is 775. The van der Waals surface area contributed by atoms with Crippen LogP contribution in [0.4, 0.5) is 11.6 Å². The summed E-state index contributed by atoms with van der Waals surface area (Å²) in [7, 11) is 0. The van der Waals surface area contributed by atoms with Crippen LogP contribution in [0.5, 0.6) is 0 Å².